The number of amides is 1. The Morgan fingerprint density at radius 2 is 2.00 bits per heavy atom. The lowest BCUT2D eigenvalue weighted by Crippen LogP contribution is -2.52. The Hall–Kier alpha value is -2.81. The van der Waals surface area contributed by atoms with Gasteiger partial charge >= 0.3 is 0 Å². The summed E-state index contributed by atoms with van der Waals surface area (Å²) in [7, 11) is 0. The molecule has 1 amide bonds. The second-order valence-corrected chi connectivity index (χ2v) is 8.90. The van der Waals surface area contributed by atoms with E-state index in [4.69, 9.17) is 9.26 Å². The largest absolute Gasteiger partial charge is 0.377 e. The van der Waals surface area contributed by atoms with Crippen molar-refractivity contribution in [1.29, 1.82) is 0 Å². The molecule has 1 aliphatic carbocycles. The summed E-state index contributed by atoms with van der Waals surface area (Å²) in [6.45, 7) is 2.42. The minimum Gasteiger partial charge on any atom is -0.377 e. The normalized spacial score (nSPS) is 21.8. The number of ether oxygens (including phenoxy) is 1. The van der Waals surface area contributed by atoms with Crippen molar-refractivity contribution >= 4 is 16.8 Å². The maximum absolute atomic E-state index is 14.4. The minimum absolute atomic E-state index is 0.111. The van der Waals surface area contributed by atoms with Gasteiger partial charge in [-0.05, 0) is 44.2 Å². The molecular formula is C22H24FN5O3. The summed E-state index contributed by atoms with van der Waals surface area (Å²) >= 11 is 0. The number of aromatic nitrogens is 4. The van der Waals surface area contributed by atoms with E-state index < -0.39 is 5.67 Å². The number of benzene rings is 1. The van der Waals surface area contributed by atoms with Gasteiger partial charge in [0.15, 0.2) is 11.5 Å². The first-order valence-corrected chi connectivity index (χ1v) is 11.0. The van der Waals surface area contributed by atoms with E-state index in [-0.39, 0.29) is 17.9 Å². The average Bonchev–Trinajstić information content (AvgIpc) is 3.38. The van der Waals surface area contributed by atoms with Gasteiger partial charge in [0.05, 0.1) is 31.0 Å². The molecule has 3 fully saturated rings. The topological polar surface area (TPSA) is 86.3 Å². The number of fused-ring (bicyclic) bond motifs is 1. The van der Waals surface area contributed by atoms with E-state index in [1.165, 1.54) is 0 Å². The van der Waals surface area contributed by atoms with Crippen molar-refractivity contribution in [2.75, 3.05) is 26.3 Å². The quantitative estimate of drug-likeness (QED) is 0.638. The van der Waals surface area contributed by atoms with Crippen molar-refractivity contribution in [2.24, 2.45) is 0 Å². The molecule has 0 radical (unpaired) electrons. The van der Waals surface area contributed by atoms with Crippen molar-refractivity contribution in [3.05, 3.63) is 30.2 Å². The molecular weight excluding hydrogens is 401 g/mol. The van der Waals surface area contributed by atoms with Gasteiger partial charge in [0.1, 0.15) is 0 Å². The first-order valence-electron chi connectivity index (χ1n) is 11.0. The van der Waals surface area contributed by atoms with Gasteiger partial charge in [-0.1, -0.05) is 11.2 Å². The van der Waals surface area contributed by atoms with E-state index in [2.05, 4.69) is 15.2 Å². The van der Waals surface area contributed by atoms with Crippen LogP contribution in [0.2, 0.25) is 0 Å². The molecule has 9 heteroatoms. The SMILES string of the molecule is O=C(N1CCC(c2noc(-c3ccc4cnn(C5COC5)c4c3)n2)CC1)C1(F)CCC1. The zero-order valence-corrected chi connectivity index (χ0v) is 17.2. The Morgan fingerprint density at radius 3 is 2.68 bits per heavy atom. The molecule has 6 rings (SSSR count). The van der Waals surface area contributed by atoms with E-state index in [1.807, 2.05) is 29.1 Å². The van der Waals surface area contributed by atoms with Crippen LogP contribution < -0.4 is 0 Å². The first-order chi connectivity index (χ1) is 15.1. The van der Waals surface area contributed by atoms with Gasteiger partial charge in [-0.25, -0.2) is 4.39 Å². The highest BCUT2D eigenvalue weighted by atomic mass is 19.1. The molecule has 8 nitrogen and oxygen atoms in total. The lowest BCUT2D eigenvalue weighted by molar-refractivity contribution is -0.151. The van der Waals surface area contributed by atoms with Gasteiger partial charge in [-0.15, -0.1) is 0 Å². The van der Waals surface area contributed by atoms with E-state index in [0.29, 0.717) is 63.7 Å². The zero-order valence-electron chi connectivity index (χ0n) is 17.2. The Labute approximate surface area is 178 Å². The van der Waals surface area contributed by atoms with Crippen LogP contribution in [0.25, 0.3) is 22.4 Å². The van der Waals surface area contributed by atoms with Gasteiger partial charge in [0.25, 0.3) is 11.8 Å². The molecule has 0 bridgehead atoms. The number of halogens is 1. The lowest BCUT2D eigenvalue weighted by Gasteiger charge is -2.39. The van der Waals surface area contributed by atoms with Crippen LogP contribution >= 0.6 is 0 Å². The van der Waals surface area contributed by atoms with E-state index >= 15 is 0 Å². The van der Waals surface area contributed by atoms with Crippen molar-refractivity contribution in [3.8, 4) is 11.5 Å². The predicted molar refractivity (Wildman–Crippen MR) is 109 cm³/mol. The highest BCUT2D eigenvalue weighted by Gasteiger charge is 2.47. The van der Waals surface area contributed by atoms with E-state index in [0.717, 1.165) is 22.9 Å². The number of likely N-dealkylation sites (tertiary alicyclic amines) is 1. The molecule has 0 spiro atoms. The summed E-state index contributed by atoms with van der Waals surface area (Å²) in [5.41, 5.74) is 0.252. The van der Waals surface area contributed by atoms with Crippen LogP contribution in [0.1, 0.15) is 49.9 Å². The number of hydrogen-bond acceptors (Lipinski definition) is 6. The third-order valence-electron chi connectivity index (χ3n) is 6.93. The van der Waals surface area contributed by atoms with Crippen molar-refractivity contribution in [1.82, 2.24) is 24.8 Å². The molecule has 2 saturated heterocycles. The van der Waals surface area contributed by atoms with Crippen LogP contribution in [0.4, 0.5) is 4.39 Å². The fourth-order valence-corrected chi connectivity index (χ4v) is 4.67. The van der Waals surface area contributed by atoms with Crippen molar-refractivity contribution in [3.63, 3.8) is 0 Å². The maximum atomic E-state index is 14.4. The van der Waals surface area contributed by atoms with Crippen molar-refractivity contribution < 1.29 is 18.4 Å². The van der Waals surface area contributed by atoms with Crippen LogP contribution in [-0.4, -0.2) is 62.7 Å². The monoisotopic (exact) mass is 425 g/mol. The van der Waals surface area contributed by atoms with Gasteiger partial charge in [-0.3, -0.25) is 9.48 Å². The summed E-state index contributed by atoms with van der Waals surface area (Å²) in [5, 5.41) is 9.76. The molecule has 31 heavy (non-hydrogen) atoms. The number of carbonyl (C=O) groups excluding carboxylic acids is 1. The standard InChI is InChI=1S/C22H24FN5O3/c23-22(6-1-7-22)21(29)27-8-4-14(5-9-27)19-25-20(31-26-19)15-2-3-16-11-24-28(18(16)10-15)17-12-30-13-17/h2-3,10-11,14,17H,1,4-9,12-13H2. The second kappa shape index (κ2) is 7.12. The molecule has 4 heterocycles. The summed E-state index contributed by atoms with van der Waals surface area (Å²) in [4.78, 5) is 18.7. The van der Waals surface area contributed by atoms with E-state index in [9.17, 15) is 9.18 Å². The number of carbonyl (C=O) groups is 1. The molecule has 2 aromatic heterocycles. The highest BCUT2D eigenvalue weighted by Crippen LogP contribution is 2.39. The molecule has 3 aliphatic rings. The smallest absolute Gasteiger partial charge is 0.260 e. The molecule has 1 aromatic carbocycles. The molecule has 0 unspecified atom stereocenters. The highest BCUT2D eigenvalue weighted by molar-refractivity contribution is 5.86. The summed E-state index contributed by atoms with van der Waals surface area (Å²) in [6, 6.07) is 6.26. The number of rotatable bonds is 4. The Balaban J connectivity index is 1.17. The molecule has 162 valence electrons. The van der Waals surface area contributed by atoms with Crippen molar-refractivity contribution in [2.45, 2.75) is 49.7 Å². The average molecular weight is 425 g/mol. The molecule has 1 saturated carbocycles. The number of nitrogens with zero attached hydrogens (tertiary/aromatic N) is 5. The maximum Gasteiger partial charge on any atom is 0.260 e. The minimum atomic E-state index is -1.62. The summed E-state index contributed by atoms with van der Waals surface area (Å²) < 4.78 is 27.3. The van der Waals surface area contributed by atoms with Gasteiger partial charge in [0, 0.05) is 30.0 Å². The van der Waals surface area contributed by atoms with Crippen LogP contribution in [0.15, 0.2) is 28.9 Å². The summed E-state index contributed by atoms with van der Waals surface area (Å²) in [5.74, 6) is 0.902. The zero-order chi connectivity index (χ0) is 21.0. The molecule has 2 aliphatic heterocycles. The van der Waals surface area contributed by atoms with E-state index in [1.54, 1.807) is 4.90 Å². The van der Waals surface area contributed by atoms with Gasteiger partial charge in [-0.2, -0.15) is 10.1 Å². The van der Waals surface area contributed by atoms with Gasteiger partial charge in [0.2, 0.25) is 0 Å². The Morgan fingerprint density at radius 1 is 1.19 bits per heavy atom. The molecule has 0 atom stereocenters. The van der Waals surface area contributed by atoms with Crippen LogP contribution in [0.5, 0.6) is 0 Å². The number of piperidine rings is 1. The number of alkyl halides is 1. The third-order valence-corrected chi connectivity index (χ3v) is 6.93. The number of hydrogen-bond donors (Lipinski definition) is 0. The Bertz CT molecular complexity index is 1130. The fraction of sp³-hybridized carbons (Fsp3) is 0.545. The molecule has 0 N–H and O–H groups in total. The predicted octanol–water partition coefficient (Wildman–Crippen LogP) is 3.26. The first kappa shape index (κ1) is 18.9. The van der Waals surface area contributed by atoms with Crippen LogP contribution in [0, 0.1) is 0 Å². The molecule has 3 aromatic rings. The van der Waals surface area contributed by atoms with Crippen LogP contribution in [-0.2, 0) is 9.53 Å². The summed E-state index contributed by atoms with van der Waals surface area (Å²) in [6.07, 6.45) is 4.80. The third kappa shape index (κ3) is 3.13. The second-order valence-electron chi connectivity index (χ2n) is 8.90. The van der Waals surface area contributed by atoms with Gasteiger partial charge < -0.3 is 14.2 Å². The van der Waals surface area contributed by atoms with Crippen LogP contribution in [0.3, 0.4) is 0 Å². The Kier molecular flexibility index (Phi) is 4.34. The fourth-order valence-electron chi connectivity index (χ4n) is 4.67. The lowest BCUT2D eigenvalue weighted by atomic mass is 9.80.